The van der Waals surface area contributed by atoms with E-state index in [9.17, 15) is 5.11 Å². The van der Waals surface area contributed by atoms with E-state index in [4.69, 9.17) is 37.6 Å². The van der Waals surface area contributed by atoms with Crippen LogP contribution in [0.25, 0.3) is 11.1 Å². The first-order valence-corrected chi connectivity index (χ1v) is 16.4. The van der Waals surface area contributed by atoms with Gasteiger partial charge in [0.2, 0.25) is 0 Å². The van der Waals surface area contributed by atoms with E-state index in [-0.39, 0.29) is 11.2 Å². The summed E-state index contributed by atoms with van der Waals surface area (Å²) in [6, 6.07) is 19.9. The van der Waals surface area contributed by atoms with Crippen LogP contribution in [0.1, 0.15) is 37.5 Å². The number of rotatable bonds is 4. The zero-order valence-corrected chi connectivity index (χ0v) is 22.6. The number of phenols is 1. The molecule has 32 heavy (non-hydrogen) atoms. The Kier molecular flexibility index (Phi) is 10.1. The zero-order valence-electron chi connectivity index (χ0n) is 18.8. The van der Waals surface area contributed by atoms with Crippen LogP contribution in [0.2, 0.25) is 0 Å². The minimum absolute atomic E-state index is 0.138. The van der Waals surface area contributed by atoms with Gasteiger partial charge in [0.05, 0.1) is 12.8 Å². The molecule has 0 heterocycles. The van der Waals surface area contributed by atoms with Gasteiger partial charge in [0.1, 0.15) is 11.5 Å². The van der Waals surface area contributed by atoms with Crippen molar-refractivity contribution < 1.29 is 24.5 Å². The average molecular weight is 528 g/mol. The molecule has 3 rings (SSSR count). The number of hydrogen-bond acceptors (Lipinski definition) is 3. The summed E-state index contributed by atoms with van der Waals surface area (Å²) >= 11 is -1.92. The van der Waals surface area contributed by atoms with Crippen LogP contribution in [0.3, 0.4) is 0 Å². The summed E-state index contributed by atoms with van der Waals surface area (Å²) < 4.78 is 5.55. The fraction of sp³-hybridized carbons (Fsp3) is 0.240. The number of halogens is 3. The Balaban J connectivity index is 0.000000837. The van der Waals surface area contributed by atoms with Crippen molar-refractivity contribution in [1.29, 1.82) is 0 Å². The molecular weight excluding hydrogens is 501 g/mol. The number of phenolic OH excluding ortho intramolecular Hbond substituents is 1. The van der Waals surface area contributed by atoms with Crippen molar-refractivity contribution in [2.24, 2.45) is 4.99 Å². The van der Waals surface area contributed by atoms with E-state index in [0.717, 1.165) is 33.7 Å². The molecule has 169 valence electrons. The van der Waals surface area contributed by atoms with E-state index in [2.05, 4.69) is 33.8 Å². The predicted molar refractivity (Wildman–Crippen MR) is 135 cm³/mol. The summed E-state index contributed by atoms with van der Waals surface area (Å²) in [6.45, 7) is 8.32. The van der Waals surface area contributed by atoms with Crippen molar-refractivity contribution in [3.05, 3.63) is 77.4 Å². The fourth-order valence-electron chi connectivity index (χ4n) is 3.26. The second-order valence-corrected chi connectivity index (χ2v) is 15.9. The van der Waals surface area contributed by atoms with E-state index in [0.29, 0.717) is 5.56 Å². The molecule has 0 atom stereocenters. The van der Waals surface area contributed by atoms with Crippen LogP contribution in [-0.2, 0) is 20.1 Å². The van der Waals surface area contributed by atoms with Crippen molar-refractivity contribution >= 4 is 39.8 Å². The van der Waals surface area contributed by atoms with Crippen LogP contribution in [0, 0.1) is 6.92 Å². The number of aromatic hydroxyl groups is 1. The number of aliphatic imine (C=N–C) groups is 1. The number of hydrogen-bond donors (Lipinski definition) is 1. The Labute approximate surface area is 208 Å². The first-order valence-electron chi connectivity index (χ1n) is 9.98. The van der Waals surface area contributed by atoms with Crippen LogP contribution >= 0.6 is 27.9 Å². The number of methoxy groups -OCH3 is 1. The van der Waals surface area contributed by atoms with Gasteiger partial charge in [-0.15, -0.1) is 0 Å². The van der Waals surface area contributed by atoms with Crippen LogP contribution in [-0.4, -0.2) is 18.4 Å². The Hall–Kier alpha value is -1.49. The van der Waals surface area contributed by atoms with E-state index < -0.39 is 14.7 Å². The van der Waals surface area contributed by atoms with Crippen LogP contribution in [0.4, 0.5) is 5.69 Å². The van der Waals surface area contributed by atoms with Gasteiger partial charge < -0.3 is 9.84 Å². The van der Waals surface area contributed by atoms with E-state index in [1.54, 1.807) is 13.3 Å². The molecular formula is C25H27Cl3NO2Ti. The monoisotopic (exact) mass is 526 g/mol. The second kappa shape index (κ2) is 12.1. The third-order valence-electron chi connectivity index (χ3n) is 4.77. The van der Waals surface area contributed by atoms with Crippen LogP contribution in [0.15, 0.2) is 65.7 Å². The van der Waals surface area contributed by atoms with Gasteiger partial charge in [-0.05, 0) is 42.2 Å². The maximum absolute atomic E-state index is 10.7. The molecule has 0 amide bonds. The summed E-state index contributed by atoms with van der Waals surface area (Å²) in [5.74, 6) is 1.09. The molecule has 1 N–H and O–H groups in total. The van der Waals surface area contributed by atoms with Gasteiger partial charge >= 0.3 is 42.6 Å². The van der Waals surface area contributed by atoms with Crippen LogP contribution < -0.4 is 4.74 Å². The molecule has 0 aliphatic rings. The van der Waals surface area contributed by atoms with E-state index in [1.165, 1.54) is 0 Å². The number of nitrogens with zero attached hydrogens (tertiary/aromatic N) is 1. The summed E-state index contributed by atoms with van der Waals surface area (Å²) in [7, 11) is 16.6. The third kappa shape index (κ3) is 7.54. The molecule has 3 aromatic carbocycles. The first-order chi connectivity index (χ1) is 15.0. The van der Waals surface area contributed by atoms with Crippen molar-refractivity contribution in [3.8, 4) is 22.6 Å². The van der Waals surface area contributed by atoms with Gasteiger partial charge in [-0.2, -0.15) is 0 Å². The molecule has 0 aliphatic carbocycles. The number of benzene rings is 3. The predicted octanol–water partition coefficient (Wildman–Crippen LogP) is 8.49. The topological polar surface area (TPSA) is 41.8 Å². The molecule has 0 saturated carbocycles. The van der Waals surface area contributed by atoms with Gasteiger partial charge in [0, 0.05) is 22.9 Å². The van der Waals surface area contributed by atoms with E-state index >= 15 is 0 Å². The molecule has 0 unspecified atom stereocenters. The third-order valence-corrected chi connectivity index (χ3v) is 4.77. The molecule has 3 nitrogen and oxygen atoms in total. The summed E-state index contributed by atoms with van der Waals surface area (Å²) in [4.78, 5) is 4.70. The molecule has 0 spiro atoms. The summed E-state index contributed by atoms with van der Waals surface area (Å²) in [6.07, 6.45) is 1.73. The van der Waals surface area contributed by atoms with E-state index in [1.807, 2.05) is 54.6 Å². The van der Waals surface area contributed by atoms with Crippen molar-refractivity contribution in [2.45, 2.75) is 33.1 Å². The Morgan fingerprint density at radius 1 is 0.938 bits per heavy atom. The van der Waals surface area contributed by atoms with Crippen molar-refractivity contribution in [3.63, 3.8) is 0 Å². The number of ether oxygens (including phenoxy) is 1. The summed E-state index contributed by atoms with van der Waals surface area (Å²) in [5, 5.41) is 10.7. The van der Waals surface area contributed by atoms with Gasteiger partial charge in [0.25, 0.3) is 0 Å². The SMILES string of the molecule is COc1ccc(C)cc1-c1ccccc1N=Cc1cccc(C(C)(C)C)c1O.[Cl][Ti]([Cl])[Cl]. The molecule has 0 radical (unpaired) electrons. The Morgan fingerprint density at radius 2 is 1.59 bits per heavy atom. The second-order valence-electron chi connectivity index (χ2n) is 8.19. The Morgan fingerprint density at radius 3 is 2.22 bits per heavy atom. The zero-order chi connectivity index (χ0) is 23.9. The molecule has 0 bridgehead atoms. The maximum atomic E-state index is 10.7. The fourth-order valence-corrected chi connectivity index (χ4v) is 3.26. The number of para-hydroxylation sites is 2. The average Bonchev–Trinajstić information content (AvgIpc) is 2.72. The van der Waals surface area contributed by atoms with Gasteiger partial charge in [-0.1, -0.05) is 62.7 Å². The quantitative estimate of drug-likeness (QED) is 0.273. The number of aryl methyl sites for hydroxylation is 1. The first kappa shape index (κ1) is 26.8. The van der Waals surface area contributed by atoms with Gasteiger partial charge in [-0.25, -0.2) is 0 Å². The Bertz CT molecular complexity index is 1080. The molecule has 0 aliphatic heterocycles. The molecule has 7 heteroatoms. The molecule has 0 fully saturated rings. The van der Waals surface area contributed by atoms with Crippen LogP contribution in [0.5, 0.6) is 11.5 Å². The van der Waals surface area contributed by atoms with Gasteiger partial charge in [0.15, 0.2) is 0 Å². The normalized spacial score (nSPS) is 11.1. The van der Waals surface area contributed by atoms with Crippen molar-refractivity contribution in [2.75, 3.05) is 7.11 Å². The van der Waals surface area contributed by atoms with Crippen molar-refractivity contribution in [1.82, 2.24) is 0 Å². The minimum atomic E-state index is -1.92. The molecule has 0 saturated heterocycles. The molecule has 0 aromatic heterocycles. The molecule has 3 aromatic rings. The van der Waals surface area contributed by atoms with Gasteiger partial charge in [-0.3, -0.25) is 4.99 Å². The summed E-state index contributed by atoms with van der Waals surface area (Å²) in [5.41, 5.74) is 5.45. The standard InChI is InChI=1S/C25H27NO2.3ClH.Ti/c1-17-13-14-23(28-5)20(15-17)19-10-6-7-12-22(19)26-16-18-9-8-11-21(24(18)27)25(2,3)4;;;;/h6-16,27H,1-5H3;3*1H;/q;;;;+3/p-3.